The normalized spacial score (nSPS) is 17.8. The molecule has 0 bridgehead atoms. The van der Waals surface area contributed by atoms with Crippen molar-refractivity contribution in [3.05, 3.63) is 45.8 Å². The molecule has 1 atom stereocenters. The maximum absolute atomic E-state index is 12.9. The van der Waals surface area contributed by atoms with Gasteiger partial charge in [0.25, 0.3) is 5.56 Å². The second-order valence-corrected chi connectivity index (χ2v) is 12.0. The third-order valence-corrected chi connectivity index (χ3v) is 9.12. The molecule has 0 saturated carbocycles. The number of thiophene rings is 1. The van der Waals surface area contributed by atoms with Crippen LogP contribution < -0.4 is 10.9 Å². The van der Waals surface area contributed by atoms with Gasteiger partial charge < -0.3 is 9.88 Å². The van der Waals surface area contributed by atoms with Crippen LogP contribution in [0.5, 0.6) is 0 Å². The molecule has 1 aliphatic heterocycles. The Morgan fingerprint density at radius 1 is 1.29 bits per heavy atom. The van der Waals surface area contributed by atoms with Gasteiger partial charge in [-0.3, -0.25) is 14.5 Å². The molecule has 3 aromatic heterocycles. The average Bonchev–Trinajstić information content (AvgIpc) is 3.21. The zero-order chi connectivity index (χ0) is 24.6. The van der Waals surface area contributed by atoms with Crippen molar-refractivity contribution in [2.45, 2.75) is 33.4 Å². The number of aryl methyl sites for hydroxylation is 1. The molecular formula is C23H29N5O4S2. The van der Waals surface area contributed by atoms with Gasteiger partial charge in [0.2, 0.25) is 15.9 Å². The minimum atomic E-state index is -3.19. The standard InChI is InChI=1S/C23H29N5O4S2/c1-5-34(31,32)28-9-8-27(15(2)12-28)13-18-11-19-22(33-18)20(14-26(4)23(19)30)17-6-7-24-21(10-17)25-16(3)29/h6-7,10-11,14-15H,5,8-9,12-13H2,1-4H3,(H,24,25,29). The fourth-order valence-electron chi connectivity index (χ4n) is 4.26. The summed E-state index contributed by atoms with van der Waals surface area (Å²) in [6.45, 7) is 7.38. The van der Waals surface area contributed by atoms with E-state index < -0.39 is 10.0 Å². The first-order valence-corrected chi connectivity index (χ1v) is 13.6. The third kappa shape index (κ3) is 4.92. The summed E-state index contributed by atoms with van der Waals surface area (Å²) in [7, 11) is -1.46. The van der Waals surface area contributed by atoms with Crippen LogP contribution in [0.4, 0.5) is 5.82 Å². The minimum Gasteiger partial charge on any atom is -0.317 e. The molecule has 34 heavy (non-hydrogen) atoms. The molecule has 0 aromatic carbocycles. The van der Waals surface area contributed by atoms with Gasteiger partial charge in [-0.1, -0.05) is 0 Å². The summed E-state index contributed by atoms with van der Waals surface area (Å²) in [6.07, 6.45) is 3.45. The maximum Gasteiger partial charge on any atom is 0.259 e. The number of rotatable bonds is 6. The number of nitrogens with one attached hydrogen (secondary N) is 1. The van der Waals surface area contributed by atoms with Crippen molar-refractivity contribution >= 4 is 43.2 Å². The highest BCUT2D eigenvalue weighted by Crippen LogP contribution is 2.34. The molecule has 1 fully saturated rings. The van der Waals surface area contributed by atoms with Crippen molar-refractivity contribution in [1.82, 2.24) is 18.8 Å². The van der Waals surface area contributed by atoms with Crippen LogP contribution in [-0.2, 0) is 28.4 Å². The van der Waals surface area contributed by atoms with Crippen LogP contribution in [0.15, 0.2) is 35.4 Å². The van der Waals surface area contributed by atoms with Gasteiger partial charge in [-0.05, 0) is 37.6 Å². The van der Waals surface area contributed by atoms with Crippen LogP contribution in [0.2, 0.25) is 0 Å². The molecule has 0 spiro atoms. The number of carbonyl (C=O) groups is 1. The number of fused-ring (bicyclic) bond motifs is 1. The van der Waals surface area contributed by atoms with Crippen molar-refractivity contribution in [1.29, 1.82) is 0 Å². The summed E-state index contributed by atoms with van der Waals surface area (Å²) in [5, 5.41) is 3.35. The number of aromatic nitrogens is 2. The van der Waals surface area contributed by atoms with Gasteiger partial charge in [0.15, 0.2) is 0 Å². The van der Waals surface area contributed by atoms with Crippen LogP contribution in [0.3, 0.4) is 0 Å². The molecule has 0 aliphatic carbocycles. The van der Waals surface area contributed by atoms with Gasteiger partial charge in [0.1, 0.15) is 5.82 Å². The lowest BCUT2D eigenvalue weighted by atomic mass is 10.1. The Bertz CT molecular complexity index is 1400. The van der Waals surface area contributed by atoms with Gasteiger partial charge in [0.05, 0.1) is 11.1 Å². The number of piperazine rings is 1. The van der Waals surface area contributed by atoms with E-state index in [1.54, 1.807) is 46.4 Å². The molecule has 1 aliphatic rings. The Balaban J connectivity index is 1.65. The van der Waals surface area contributed by atoms with Gasteiger partial charge in [0, 0.05) is 73.7 Å². The zero-order valence-corrected chi connectivity index (χ0v) is 21.4. The Morgan fingerprint density at radius 3 is 2.74 bits per heavy atom. The first-order chi connectivity index (χ1) is 16.1. The summed E-state index contributed by atoms with van der Waals surface area (Å²) in [5.74, 6) is 0.368. The minimum absolute atomic E-state index is 0.0655. The lowest BCUT2D eigenvalue weighted by Gasteiger charge is -2.38. The molecule has 182 valence electrons. The van der Waals surface area contributed by atoms with Crippen LogP contribution in [0, 0.1) is 0 Å². The average molecular weight is 504 g/mol. The van der Waals surface area contributed by atoms with Crippen molar-refractivity contribution in [2.24, 2.45) is 7.05 Å². The topological polar surface area (TPSA) is 105 Å². The molecule has 1 amide bonds. The van der Waals surface area contributed by atoms with Gasteiger partial charge in [-0.2, -0.15) is 4.31 Å². The lowest BCUT2D eigenvalue weighted by molar-refractivity contribution is -0.114. The maximum atomic E-state index is 12.9. The molecule has 0 radical (unpaired) electrons. The summed E-state index contributed by atoms with van der Waals surface area (Å²) in [5.41, 5.74) is 1.69. The molecule has 11 heteroatoms. The van der Waals surface area contributed by atoms with E-state index >= 15 is 0 Å². The van der Waals surface area contributed by atoms with Crippen molar-refractivity contribution in [3.8, 4) is 11.1 Å². The predicted molar refractivity (Wildman–Crippen MR) is 136 cm³/mol. The Labute approximate surface area is 203 Å². The predicted octanol–water partition coefficient (Wildman–Crippen LogP) is 2.48. The lowest BCUT2D eigenvalue weighted by Crippen LogP contribution is -2.53. The molecule has 3 aromatic rings. The van der Waals surface area contributed by atoms with Gasteiger partial charge in [-0.15, -0.1) is 11.3 Å². The van der Waals surface area contributed by atoms with E-state index in [1.165, 1.54) is 6.92 Å². The highest BCUT2D eigenvalue weighted by Gasteiger charge is 2.30. The summed E-state index contributed by atoms with van der Waals surface area (Å²) in [6, 6.07) is 5.68. The first-order valence-electron chi connectivity index (χ1n) is 11.2. The highest BCUT2D eigenvalue weighted by atomic mass is 32.2. The molecule has 1 saturated heterocycles. The van der Waals surface area contributed by atoms with Crippen LogP contribution in [0.1, 0.15) is 25.6 Å². The SMILES string of the molecule is CCS(=O)(=O)N1CCN(Cc2cc3c(=O)n(C)cc(-c4ccnc(NC(C)=O)c4)c3s2)C(C)C1. The van der Waals surface area contributed by atoms with E-state index in [2.05, 4.69) is 15.2 Å². The van der Waals surface area contributed by atoms with E-state index in [4.69, 9.17) is 0 Å². The second kappa shape index (κ2) is 9.57. The number of amides is 1. The Hall–Kier alpha value is -2.60. The van der Waals surface area contributed by atoms with E-state index in [9.17, 15) is 18.0 Å². The van der Waals surface area contributed by atoms with E-state index in [0.29, 0.717) is 37.4 Å². The first kappa shape index (κ1) is 24.5. The van der Waals surface area contributed by atoms with E-state index in [1.807, 2.05) is 25.3 Å². The molecule has 1 N–H and O–H groups in total. The molecule has 1 unspecified atom stereocenters. The second-order valence-electron chi connectivity index (χ2n) is 8.60. The largest absolute Gasteiger partial charge is 0.317 e. The number of hydrogen-bond donors (Lipinski definition) is 1. The molecule has 4 heterocycles. The van der Waals surface area contributed by atoms with Crippen molar-refractivity contribution in [2.75, 3.05) is 30.7 Å². The Morgan fingerprint density at radius 2 is 2.06 bits per heavy atom. The van der Waals surface area contributed by atoms with Crippen molar-refractivity contribution in [3.63, 3.8) is 0 Å². The number of sulfonamides is 1. The summed E-state index contributed by atoms with van der Waals surface area (Å²) < 4.78 is 28.5. The smallest absolute Gasteiger partial charge is 0.259 e. The highest BCUT2D eigenvalue weighted by molar-refractivity contribution is 7.89. The quantitative estimate of drug-likeness (QED) is 0.554. The van der Waals surface area contributed by atoms with E-state index in [-0.39, 0.29) is 23.3 Å². The number of pyridine rings is 2. The van der Waals surface area contributed by atoms with Gasteiger partial charge in [-0.25, -0.2) is 13.4 Å². The van der Waals surface area contributed by atoms with Crippen LogP contribution >= 0.6 is 11.3 Å². The zero-order valence-electron chi connectivity index (χ0n) is 19.7. The fraction of sp³-hybridized carbons (Fsp3) is 0.435. The summed E-state index contributed by atoms with van der Waals surface area (Å²) >= 11 is 1.57. The fourth-order valence-corrected chi connectivity index (χ4v) is 6.64. The van der Waals surface area contributed by atoms with Gasteiger partial charge >= 0.3 is 0 Å². The number of carbonyl (C=O) groups excluding carboxylic acids is 1. The summed E-state index contributed by atoms with van der Waals surface area (Å²) in [4.78, 5) is 31.8. The number of nitrogens with zero attached hydrogens (tertiary/aromatic N) is 4. The van der Waals surface area contributed by atoms with E-state index in [0.717, 1.165) is 20.7 Å². The third-order valence-electron chi connectivity index (χ3n) is 6.12. The monoisotopic (exact) mass is 503 g/mol. The van der Waals surface area contributed by atoms with Crippen LogP contribution in [-0.4, -0.2) is 64.5 Å². The number of hydrogen-bond acceptors (Lipinski definition) is 7. The van der Waals surface area contributed by atoms with Crippen molar-refractivity contribution < 1.29 is 13.2 Å². The molecule has 9 nitrogen and oxygen atoms in total. The molecular weight excluding hydrogens is 474 g/mol. The number of anilines is 1. The molecule has 4 rings (SSSR count). The van der Waals surface area contributed by atoms with Crippen LogP contribution in [0.25, 0.3) is 21.2 Å². The Kier molecular flexibility index (Phi) is 6.90.